The Morgan fingerprint density at radius 3 is 2.10 bits per heavy atom. The second-order valence-corrected chi connectivity index (χ2v) is 4.71. The van der Waals surface area contributed by atoms with Crippen LogP contribution in [0.4, 0.5) is 0 Å². The molecule has 0 bridgehead atoms. The number of carbonyl (C=O) groups is 3. The van der Waals surface area contributed by atoms with E-state index in [9.17, 15) is 14.4 Å². The second kappa shape index (κ2) is 4.53. The normalized spacial score (nSPS) is 12.8. The van der Waals surface area contributed by atoms with Crippen LogP contribution in [0.1, 0.15) is 55.5 Å². The van der Waals surface area contributed by atoms with E-state index < -0.39 is 0 Å². The zero-order valence-electron chi connectivity index (χ0n) is 11.0. The van der Waals surface area contributed by atoms with E-state index in [1.165, 1.54) is 0 Å². The third kappa shape index (κ3) is 1.63. The van der Waals surface area contributed by atoms with Gasteiger partial charge in [-0.25, -0.2) is 0 Å². The van der Waals surface area contributed by atoms with Crippen molar-refractivity contribution in [2.24, 2.45) is 0 Å². The molecule has 0 heterocycles. The average molecular weight is 264 g/mol. The first-order chi connectivity index (χ1) is 9.65. The van der Waals surface area contributed by atoms with Crippen molar-refractivity contribution in [2.75, 3.05) is 0 Å². The fourth-order valence-corrected chi connectivity index (χ4v) is 2.57. The summed E-state index contributed by atoms with van der Waals surface area (Å²) >= 11 is 0. The molecule has 0 aromatic heterocycles. The summed E-state index contributed by atoms with van der Waals surface area (Å²) < 4.78 is 0. The van der Waals surface area contributed by atoms with Crippen LogP contribution in [-0.2, 0) is 0 Å². The minimum absolute atomic E-state index is 0.123. The lowest BCUT2D eigenvalue weighted by molar-refractivity contribution is 0.0959. The molecule has 3 nitrogen and oxygen atoms in total. The molecule has 0 fully saturated rings. The summed E-state index contributed by atoms with van der Waals surface area (Å²) in [6.45, 7) is 1.74. The third-order valence-corrected chi connectivity index (χ3v) is 3.57. The monoisotopic (exact) mass is 264 g/mol. The summed E-state index contributed by atoms with van der Waals surface area (Å²) in [6.07, 6.45) is 0.305. The lowest BCUT2D eigenvalue weighted by Gasteiger charge is -2.19. The van der Waals surface area contributed by atoms with Crippen LogP contribution in [0.2, 0.25) is 0 Å². The smallest absolute Gasteiger partial charge is 0.195 e. The van der Waals surface area contributed by atoms with Crippen LogP contribution in [0.15, 0.2) is 42.5 Å². The Bertz CT molecular complexity index is 757. The Labute approximate surface area is 116 Å². The van der Waals surface area contributed by atoms with E-state index in [0.29, 0.717) is 28.7 Å². The SMILES string of the molecule is CCC(=O)c1cccc2c1C(=O)c1ccccc1C2=O. The molecular formula is C17H12O3. The van der Waals surface area contributed by atoms with Crippen molar-refractivity contribution in [2.45, 2.75) is 13.3 Å². The molecule has 0 amide bonds. The highest BCUT2D eigenvalue weighted by atomic mass is 16.1. The molecule has 0 unspecified atom stereocenters. The van der Waals surface area contributed by atoms with Crippen molar-refractivity contribution in [1.29, 1.82) is 0 Å². The van der Waals surface area contributed by atoms with Crippen molar-refractivity contribution in [3.63, 3.8) is 0 Å². The second-order valence-electron chi connectivity index (χ2n) is 4.71. The Hall–Kier alpha value is -2.55. The highest BCUT2D eigenvalue weighted by Gasteiger charge is 2.32. The number of rotatable bonds is 2. The summed E-state index contributed by atoms with van der Waals surface area (Å²) in [6, 6.07) is 11.6. The Morgan fingerprint density at radius 2 is 1.45 bits per heavy atom. The number of benzene rings is 2. The maximum Gasteiger partial charge on any atom is 0.195 e. The van der Waals surface area contributed by atoms with E-state index in [1.807, 2.05) is 0 Å². The molecule has 1 aliphatic carbocycles. The average Bonchev–Trinajstić information content (AvgIpc) is 2.51. The van der Waals surface area contributed by atoms with Gasteiger partial charge in [-0.3, -0.25) is 14.4 Å². The molecule has 1 aliphatic rings. The number of carbonyl (C=O) groups excluding carboxylic acids is 3. The molecule has 0 atom stereocenters. The number of hydrogen-bond acceptors (Lipinski definition) is 3. The molecule has 3 heteroatoms. The maximum absolute atomic E-state index is 12.6. The topological polar surface area (TPSA) is 51.2 Å². The first kappa shape index (κ1) is 12.5. The quantitative estimate of drug-likeness (QED) is 0.668. The van der Waals surface area contributed by atoms with Gasteiger partial charge in [0.1, 0.15) is 0 Å². The lowest BCUT2D eigenvalue weighted by atomic mass is 9.81. The molecule has 0 spiro atoms. The van der Waals surface area contributed by atoms with Crippen LogP contribution < -0.4 is 0 Å². The molecule has 0 saturated carbocycles. The Kier molecular flexibility index (Phi) is 2.83. The zero-order chi connectivity index (χ0) is 14.3. The molecular weight excluding hydrogens is 252 g/mol. The van der Waals surface area contributed by atoms with Gasteiger partial charge in [-0.2, -0.15) is 0 Å². The molecule has 0 saturated heterocycles. The fourth-order valence-electron chi connectivity index (χ4n) is 2.57. The summed E-state index contributed by atoms with van der Waals surface area (Å²) in [5.41, 5.74) is 1.71. The van der Waals surface area contributed by atoms with Gasteiger partial charge >= 0.3 is 0 Å². The lowest BCUT2D eigenvalue weighted by Crippen LogP contribution is -2.23. The van der Waals surface area contributed by atoms with Gasteiger partial charge in [0.25, 0.3) is 0 Å². The predicted octanol–water partition coefficient (Wildman–Crippen LogP) is 3.05. The van der Waals surface area contributed by atoms with Gasteiger partial charge in [-0.1, -0.05) is 49.4 Å². The van der Waals surface area contributed by atoms with Gasteiger partial charge in [0.2, 0.25) is 0 Å². The molecule has 2 aromatic carbocycles. The first-order valence-corrected chi connectivity index (χ1v) is 6.49. The molecule has 98 valence electrons. The van der Waals surface area contributed by atoms with Crippen LogP contribution in [0.3, 0.4) is 0 Å². The molecule has 0 radical (unpaired) electrons. The number of hydrogen-bond donors (Lipinski definition) is 0. The van der Waals surface area contributed by atoms with E-state index >= 15 is 0 Å². The molecule has 20 heavy (non-hydrogen) atoms. The minimum Gasteiger partial charge on any atom is -0.294 e. The van der Waals surface area contributed by atoms with Crippen LogP contribution in [0.5, 0.6) is 0 Å². The highest BCUT2D eigenvalue weighted by molar-refractivity contribution is 6.30. The van der Waals surface area contributed by atoms with Gasteiger partial charge in [-0.15, -0.1) is 0 Å². The van der Waals surface area contributed by atoms with Crippen molar-refractivity contribution in [3.8, 4) is 0 Å². The summed E-state index contributed by atoms with van der Waals surface area (Å²) in [4.78, 5) is 37.0. The van der Waals surface area contributed by atoms with Gasteiger partial charge in [0, 0.05) is 34.2 Å². The molecule has 0 N–H and O–H groups in total. The van der Waals surface area contributed by atoms with Crippen LogP contribution in [-0.4, -0.2) is 17.3 Å². The third-order valence-electron chi connectivity index (χ3n) is 3.57. The standard InChI is InChI=1S/C17H12O3/c1-2-14(18)12-8-5-9-13-15(12)17(20)11-7-4-3-6-10(11)16(13)19/h3-9H,2H2,1H3. The van der Waals surface area contributed by atoms with Crippen LogP contribution >= 0.6 is 0 Å². The maximum atomic E-state index is 12.6. The minimum atomic E-state index is -0.243. The van der Waals surface area contributed by atoms with Gasteiger partial charge in [0.15, 0.2) is 17.3 Å². The fraction of sp³-hybridized carbons (Fsp3) is 0.118. The van der Waals surface area contributed by atoms with Crippen molar-refractivity contribution >= 4 is 17.3 Å². The van der Waals surface area contributed by atoms with Gasteiger partial charge < -0.3 is 0 Å². The van der Waals surface area contributed by atoms with Crippen LogP contribution in [0.25, 0.3) is 0 Å². The van der Waals surface area contributed by atoms with Crippen LogP contribution in [0, 0.1) is 0 Å². The highest BCUT2D eigenvalue weighted by Crippen LogP contribution is 2.29. The van der Waals surface area contributed by atoms with E-state index in [4.69, 9.17) is 0 Å². The zero-order valence-corrected chi connectivity index (χ0v) is 11.0. The predicted molar refractivity (Wildman–Crippen MR) is 74.4 cm³/mol. The number of fused-ring (bicyclic) bond motifs is 2. The first-order valence-electron chi connectivity index (χ1n) is 6.49. The van der Waals surface area contributed by atoms with Crippen molar-refractivity contribution in [3.05, 3.63) is 70.3 Å². The van der Waals surface area contributed by atoms with Crippen molar-refractivity contribution < 1.29 is 14.4 Å². The summed E-state index contributed by atoms with van der Waals surface area (Å²) in [7, 11) is 0. The van der Waals surface area contributed by atoms with E-state index in [2.05, 4.69) is 0 Å². The van der Waals surface area contributed by atoms with E-state index in [1.54, 1.807) is 49.4 Å². The van der Waals surface area contributed by atoms with Crippen molar-refractivity contribution in [1.82, 2.24) is 0 Å². The Balaban J connectivity index is 2.31. The largest absolute Gasteiger partial charge is 0.294 e. The van der Waals surface area contributed by atoms with E-state index in [-0.39, 0.29) is 22.9 Å². The van der Waals surface area contributed by atoms with Gasteiger partial charge in [-0.05, 0) is 0 Å². The Morgan fingerprint density at radius 1 is 0.850 bits per heavy atom. The number of ketones is 3. The van der Waals surface area contributed by atoms with E-state index in [0.717, 1.165) is 0 Å². The summed E-state index contributed by atoms with van der Waals surface area (Å²) in [5.74, 6) is -0.559. The molecule has 0 aliphatic heterocycles. The van der Waals surface area contributed by atoms with Gasteiger partial charge in [0.05, 0.1) is 0 Å². The molecule has 3 rings (SSSR count). The number of Topliss-reactive ketones (excluding diaryl/α,β-unsaturated/α-hetero) is 1. The summed E-state index contributed by atoms with van der Waals surface area (Å²) in [5, 5.41) is 0. The molecule has 2 aromatic rings.